The first kappa shape index (κ1) is 14.0. The largest absolute Gasteiger partial charge is 0.392 e. The average molecular weight is 327 g/mol. The molecule has 2 rings (SSSR count). The highest BCUT2D eigenvalue weighted by Gasteiger charge is 2.33. The van der Waals surface area contributed by atoms with Gasteiger partial charge < -0.3 is 10.0 Å². The summed E-state index contributed by atoms with van der Waals surface area (Å²) >= 11 is 3.42. The van der Waals surface area contributed by atoms with Gasteiger partial charge in [0.2, 0.25) is 11.8 Å². The molecule has 1 heterocycles. The minimum absolute atomic E-state index is 0.0461. The van der Waals surface area contributed by atoms with Crippen LogP contribution in [0.5, 0.6) is 0 Å². The van der Waals surface area contributed by atoms with E-state index < -0.39 is 0 Å². The molecule has 0 bridgehead atoms. The van der Waals surface area contributed by atoms with Crippen molar-refractivity contribution in [2.75, 3.05) is 11.4 Å². The van der Waals surface area contributed by atoms with Gasteiger partial charge in [-0.3, -0.25) is 14.9 Å². The molecule has 0 aromatic heterocycles. The van der Waals surface area contributed by atoms with Gasteiger partial charge >= 0.3 is 0 Å². The second-order valence-corrected chi connectivity index (χ2v) is 5.26. The Morgan fingerprint density at radius 2 is 2.21 bits per heavy atom. The number of piperazine rings is 1. The molecular weight excluding hydrogens is 312 g/mol. The van der Waals surface area contributed by atoms with E-state index in [-0.39, 0.29) is 31.0 Å². The van der Waals surface area contributed by atoms with Crippen LogP contribution in [0.4, 0.5) is 5.69 Å². The van der Waals surface area contributed by atoms with Crippen molar-refractivity contribution in [3.05, 3.63) is 28.2 Å². The van der Waals surface area contributed by atoms with Gasteiger partial charge in [-0.15, -0.1) is 0 Å². The zero-order valence-electron chi connectivity index (χ0n) is 10.5. The molecule has 1 fully saturated rings. The number of anilines is 1. The number of nitrogens with zero attached hydrogens (tertiary/aromatic N) is 1. The summed E-state index contributed by atoms with van der Waals surface area (Å²) in [6, 6.07) is 5.03. The summed E-state index contributed by atoms with van der Waals surface area (Å²) in [7, 11) is 0. The summed E-state index contributed by atoms with van der Waals surface area (Å²) in [5.41, 5.74) is 1.56. The lowest BCUT2D eigenvalue weighted by Gasteiger charge is -2.35. The lowest BCUT2D eigenvalue weighted by atomic mass is 10.1. The number of aliphatic hydroxyl groups is 1. The number of hydrogen-bond acceptors (Lipinski definition) is 4. The molecular formula is C13H15BrN2O3. The van der Waals surface area contributed by atoms with E-state index >= 15 is 0 Å². The van der Waals surface area contributed by atoms with E-state index in [0.717, 1.165) is 15.7 Å². The molecule has 1 atom stereocenters. The Kier molecular flexibility index (Phi) is 4.21. The van der Waals surface area contributed by atoms with Gasteiger partial charge in [0, 0.05) is 4.47 Å². The quantitative estimate of drug-likeness (QED) is 0.818. The topological polar surface area (TPSA) is 69.6 Å². The van der Waals surface area contributed by atoms with Crippen molar-refractivity contribution in [2.24, 2.45) is 0 Å². The predicted octanol–water partition coefficient (Wildman–Crippen LogP) is 1.18. The maximum atomic E-state index is 11.8. The second-order valence-electron chi connectivity index (χ2n) is 4.41. The first-order valence-corrected chi connectivity index (χ1v) is 6.85. The summed E-state index contributed by atoms with van der Waals surface area (Å²) in [5.74, 6) is -0.565. The molecule has 1 saturated heterocycles. The van der Waals surface area contributed by atoms with Crippen molar-refractivity contribution < 1.29 is 14.7 Å². The standard InChI is InChI=1S/C13H15BrN2O3/c1-2-10-13(19)15-12(18)6-16(10)11-4-3-8(7-17)5-9(11)14/h3-5,10,17H,2,6-7H2,1H3,(H,15,18,19). The summed E-state index contributed by atoms with van der Waals surface area (Å²) in [6.45, 7) is 2.01. The third-order valence-electron chi connectivity index (χ3n) is 3.15. The number of carbonyl (C=O) groups excluding carboxylic acids is 2. The Hall–Kier alpha value is -1.40. The van der Waals surface area contributed by atoms with E-state index in [9.17, 15) is 9.59 Å². The molecule has 1 aromatic carbocycles. The molecule has 0 saturated carbocycles. The van der Waals surface area contributed by atoms with Crippen LogP contribution in [0.2, 0.25) is 0 Å². The molecule has 0 spiro atoms. The van der Waals surface area contributed by atoms with Gasteiger partial charge in [-0.05, 0) is 40.0 Å². The van der Waals surface area contributed by atoms with Crippen molar-refractivity contribution in [3.63, 3.8) is 0 Å². The fourth-order valence-electron chi connectivity index (χ4n) is 2.21. The van der Waals surface area contributed by atoms with E-state index in [0.29, 0.717) is 6.42 Å². The van der Waals surface area contributed by atoms with Gasteiger partial charge in [0.05, 0.1) is 18.8 Å². The average Bonchev–Trinajstić information content (AvgIpc) is 2.37. The Balaban J connectivity index is 2.37. The van der Waals surface area contributed by atoms with Crippen molar-refractivity contribution in [1.29, 1.82) is 0 Å². The third kappa shape index (κ3) is 2.79. The fourth-order valence-corrected chi connectivity index (χ4v) is 2.86. The zero-order valence-corrected chi connectivity index (χ0v) is 12.1. The SMILES string of the molecule is CCC1C(=O)NC(=O)CN1c1ccc(CO)cc1Br. The minimum atomic E-state index is -0.353. The number of benzene rings is 1. The van der Waals surface area contributed by atoms with Gasteiger partial charge in [-0.25, -0.2) is 0 Å². The normalized spacial score (nSPS) is 19.5. The van der Waals surface area contributed by atoms with E-state index in [1.807, 2.05) is 13.0 Å². The lowest BCUT2D eigenvalue weighted by Crippen LogP contribution is -2.58. The first-order valence-electron chi connectivity index (χ1n) is 6.06. The number of aliphatic hydroxyl groups excluding tert-OH is 1. The van der Waals surface area contributed by atoms with Crippen molar-refractivity contribution in [1.82, 2.24) is 5.32 Å². The smallest absolute Gasteiger partial charge is 0.249 e. The molecule has 19 heavy (non-hydrogen) atoms. The number of amides is 2. The van der Waals surface area contributed by atoms with Gasteiger partial charge in [-0.2, -0.15) is 0 Å². The van der Waals surface area contributed by atoms with E-state index in [2.05, 4.69) is 21.2 Å². The Labute approximate surface area is 119 Å². The number of rotatable bonds is 3. The van der Waals surface area contributed by atoms with Gasteiger partial charge in [0.15, 0.2) is 0 Å². The summed E-state index contributed by atoms with van der Waals surface area (Å²) in [4.78, 5) is 25.1. The van der Waals surface area contributed by atoms with Gasteiger partial charge in [0.25, 0.3) is 0 Å². The highest BCUT2D eigenvalue weighted by molar-refractivity contribution is 9.10. The van der Waals surface area contributed by atoms with Crippen LogP contribution in [0, 0.1) is 0 Å². The molecule has 1 unspecified atom stereocenters. The molecule has 6 heteroatoms. The van der Waals surface area contributed by atoms with E-state index in [4.69, 9.17) is 5.11 Å². The summed E-state index contributed by atoms with van der Waals surface area (Å²) in [6.07, 6.45) is 0.618. The predicted molar refractivity (Wildman–Crippen MR) is 74.6 cm³/mol. The fraction of sp³-hybridized carbons (Fsp3) is 0.385. The lowest BCUT2D eigenvalue weighted by molar-refractivity contribution is -0.132. The van der Waals surface area contributed by atoms with Crippen molar-refractivity contribution >= 4 is 33.4 Å². The van der Waals surface area contributed by atoms with Crippen LogP contribution in [0.3, 0.4) is 0 Å². The van der Waals surface area contributed by atoms with Crippen LogP contribution in [0.25, 0.3) is 0 Å². The van der Waals surface area contributed by atoms with Crippen molar-refractivity contribution in [2.45, 2.75) is 26.0 Å². The van der Waals surface area contributed by atoms with Gasteiger partial charge in [-0.1, -0.05) is 13.0 Å². The number of carbonyl (C=O) groups is 2. The Morgan fingerprint density at radius 1 is 1.47 bits per heavy atom. The molecule has 102 valence electrons. The maximum Gasteiger partial charge on any atom is 0.249 e. The molecule has 1 aliphatic rings. The van der Waals surface area contributed by atoms with Gasteiger partial charge in [0.1, 0.15) is 6.04 Å². The van der Waals surface area contributed by atoms with E-state index in [1.165, 1.54) is 0 Å². The third-order valence-corrected chi connectivity index (χ3v) is 3.78. The zero-order chi connectivity index (χ0) is 14.0. The first-order chi connectivity index (χ1) is 9.06. The highest BCUT2D eigenvalue weighted by atomic mass is 79.9. The maximum absolute atomic E-state index is 11.8. The molecule has 2 amide bonds. The van der Waals surface area contributed by atoms with Crippen LogP contribution in [0.1, 0.15) is 18.9 Å². The summed E-state index contributed by atoms with van der Waals surface area (Å²) < 4.78 is 0.764. The van der Waals surface area contributed by atoms with E-state index in [1.54, 1.807) is 17.0 Å². The van der Waals surface area contributed by atoms with Crippen LogP contribution >= 0.6 is 15.9 Å². The monoisotopic (exact) mass is 326 g/mol. The molecule has 1 aliphatic heterocycles. The van der Waals surface area contributed by atoms with Crippen LogP contribution < -0.4 is 10.2 Å². The van der Waals surface area contributed by atoms with Crippen LogP contribution in [0.15, 0.2) is 22.7 Å². The number of nitrogens with one attached hydrogen (secondary N) is 1. The molecule has 2 N–H and O–H groups in total. The van der Waals surface area contributed by atoms with Crippen LogP contribution in [-0.4, -0.2) is 29.5 Å². The van der Waals surface area contributed by atoms with Crippen LogP contribution in [-0.2, 0) is 16.2 Å². The Bertz CT molecular complexity index is 519. The second kappa shape index (κ2) is 5.71. The number of halogens is 1. The number of imide groups is 1. The molecule has 5 nitrogen and oxygen atoms in total. The molecule has 0 radical (unpaired) electrons. The Morgan fingerprint density at radius 3 is 2.79 bits per heavy atom. The summed E-state index contributed by atoms with van der Waals surface area (Å²) in [5, 5.41) is 11.4. The van der Waals surface area contributed by atoms with Crippen molar-refractivity contribution in [3.8, 4) is 0 Å². The molecule has 0 aliphatic carbocycles. The highest BCUT2D eigenvalue weighted by Crippen LogP contribution is 2.30. The molecule has 1 aromatic rings. The number of hydrogen-bond donors (Lipinski definition) is 2. The minimum Gasteiger partial charge on any atom is -0.392 e.